The first-order valence-corrected chi connectivity index (χ1v) is 10.3. The molecule has 0 spiro atoms. The second-order valence-corrected chi connectivity index (χ2v) is 8.17. The van der Waals surface area contributed by atoms with E-state index in [-0.39, 0.29) is 15.8 Å². The summed E-state index contributed by atoms with van der Waals surface area (Å²) in [6.07, 6.45) is 0. The molecule has 0 bridgehead atoms. The molecule has 0 saturated carbocycles. The molecule has 6 nitrogen and oxygen atoms in total. The normalized spacial score (nSPS) is 12.4. The van der Waals surface area contributed by atoms with Crippen LogP contribution in [-0.2, 0) is 21.4 Å². The Kier molecular flexibility index (Phi) is 7.24. The zero-order chi connectivity index (χ0) is 20.0. The second-order valence-electron chi connectivity index (χ2n) is 6.05. The lowest BCUT2D eigenvalue weighted by Crippen LogP contribution is -2.45. The third-order valence-corrected chi connectivity index (χ3v) is 5.69. The molecule has 1 atom stereocenters. The molecular formula is C19H23ClN2O4S. The van der Waals surface area contributed by atoms with E-state index >= 15 is 0 Å². The van der Waals surface area contributed by atoms with E-state index in [2.05, 4.69) is 4.72 Å². The summed E-state index contributed by atoms with van der Waals surface area (Å²) in [6, 6.07) is 12.7. The Morgan fingerprint density at radius 3 is 2.48 bits per heavy atom. The van der Waals surface area contributed by atoms with Crippen LogP contribution in [-0.4, -0.2) is 38.9 Å². The highest BCUT2D eigenvalue weighted by Crippen LogP contribution is 2.27. The molecular weight excluding hydrogens is 388 g/mol. The fraction of sp³-hybridized carbons (Fsp3) is 0.316. The molecule has 2 aromatic rings. The van der Waals surface area contributed by atoms with Gasteiger partial charge in [0.2, 0.25) is 15.9 Å². The third kappa shape index (κ3) is 5.69. The summed E-state index contributed by atoms with van der Waals surface area (Å²) in [6.45, 7) is 4.13. The average molecular weight is 411 g/mol. The maximum Gasteiger partial charge on any atom is 0.241 e. The van der Waals surface area contributed by atoms with Gasteiger partial charge in [0.1, 0.15) is 5.75 Å². The van der Waals surface area contributed by atoms with Gasteiger partial charge >= 0.3 is 0 Å². The number of hydrogen-bond donors (Lipinski definition) is 1. The summed E-state index contributed by atoms with van der Waals surface area (Å²) < 4.78 is 32.8. The molecule has 2 rings (SSSR count). The van der Waals surface area contributed by atoms with Crippen molar-refractivity contribution in [1.29, 1.82) is 0 Å². The minimum atomic E-state index is -3.90. The van der Waals surface area contributed by atoms with E-state index in [1.54, 1.807) is 7.05 Å². The summed E-state index contributed by atoms with van der Waals surface area (Å²) in [5, 5.41) is 0.194. The van der Waals surface area contributed by atoms with Gasteiger partial charge in [-0.2, -0.15) is 4.72 Å². The van der Waals surface area contributed by atoms with Gasteiger partial charge in [0.15, 0.2) is 0 Å². The molecule has 1 amide bonds. The fourth-order valence-electron chi connectivity index (χ4n) is 2.54. The van der Waals surface area contributed by atoms with Crippen LogP contribution in [0.15, 0.2) is 53.4 Å². The van der Waals surface area contributed by atoms with E-state index in [9.17, 15) is 13.2 Å². The monoisotopic (exact) mass is 410 g/mol. The first-order chi connectivity index (χ1) is 12.7. The van der Waals surface area contributed by atoms with Crippen LogP contribution in [0.2, 0.25) is 5.02 Å². The van der Waals surface area contributed by atoms with Crippen LogP contribution in [0.1, 0.15) is 19.4 Å². The molecule has 2 aromatic carbocycles. The quantitative estimate of drug-likeness (QED) is 0.725. The van der Waals surface area contributed by atoms with Gasteiger partial charge in [-0.25, -0.2) is 8.42 Å². The molecule has 0 aliphatic carbocycles. The number of sulfonamides is 1. The van der Waals surface area contributed by atoms with E-state index in [0.717, 1.165) is 5.56 Å². The molecule has 8 heteroatoms. The lowest BCUT2D eigenvalue weighted by molar-refractivity contribution is -0.131. The number of amides is 1. The second kappa shape index (κ2) is 9.21. The number of ether oxygens (including phenoxy) is 1. The first-order valence-electron chi connectivity index (χ1n) is 8.48. The van der Waals surface area contributed by atoms with Crippen molar-refractivity contribution in [3.8, 4) is 5.75 Å². The van der Waals surface area contributed by atoms with Crippen LogP contribution >= 0.6 is 11.6 Å². The molecule has 1 N–H and O–H groups in total. The summed E-state index contributed by atoms with van der Waals surface area (Å²) >= 11 is 6.06. The Balaban J connectivity index is 2.07. The van der Waals surface area contributed by atoms with Gasteiger partial charge < -0.3 is 9.64 Å². The number of carbonyl (C=O) groups is 1. The fourth-order valence-corrected chi connectivity index (χ4v) is 4.06. The van der Waals surface area contributed by atoms with E-state index < -0.39 is 16.1 Å². The minimum Gasteiger partial charge on any atom is -0.492 e. The van der Waals surface area contributed by atoms with Crippen molar-refractivity contribution in [2.24, 2.45) is 0 Å². The summed E-state index contributed by atoms with van der Waals surface area (Å²) in [7, 11) is -2.27. The van der Waals surface area contributed by atoms with Crippen molar-refractivity contribution >= 4 is 27.5 Å². The summed E-state index contributed by atoms with van der Waals surface area (Å²) in [5.74, 6) is 0.0734. The van der Waals surface area contributed by atoms with Gasteiger partial charge in [-0.3, -0.25) is 4.79 Å². The Morgan fingerprint density at radius 1 is 1.22 bits per heavy atom. The van der Waals surface area contributed by atoms with Gasteiger partial charge in [-0.15, -0.1) is 0 Å². The number of nitrogens with zero attached hydrogens (tertiary/aromatic N) is 1. The number of likely N-dealkylation sites (N-methyl/N-ethyl adjacent to an activating group) is 1. The number of hydrogen-bond acceptors (Lipinski definition) is 4. The zero-order valence-electron chi connectivity index (χ0n) is 15.5. The number of rotatable bonds is 8. The topological polar surface area (TPSA) is 75.7 Å². The van der Waals surface area contributed by atoms with Crippen molar-refractivity contribution < 1.29 is 17.9 Å². The molecule has 0 heterocycles. The van der Waals surface area contributed by atoms with E-state index in [1.165, 1.54) is 30.0 Å². The van der Waals surface area contributed by atoms with Crippen LogP contribution in [0, 0.1) is 0 Å². The Labute approximate surface area is 165 Å². The van der Waals surface area contributed by atoms with Gasteiger partial charge in [0.25, 0.3) is 0 Å². The SMILES string of the molecule is CCOc1ccc(S(=O)(=O)N[C@H](C)C(=O)N(C)Cc2ccccc2)cc1Cl. The molecule has 27 heavy (non-hydrogen) atoms. The van der Waals surface area contributed by atoms with Crippen molar-refractivity contribution in [2.45, 2.75) is 31.3 Å². The molecule has 0 saturated heterocycles. The molecule has 0 fully saturated rings. The minimum absolute atomic E-state index is 0.0266. The van der Waals surface area contributed by atoms with Crippen molar-refractivity contribution in [3.05, 3.63) is 59.1 Å². The molecule has 146 valence electrons. The lowest BCUT2D eigenvalue weighted by atomic mass is 10.2. The number of nitrogens with one attached hydrogen (secondary N) is 1. The molecule has 0 aromatic heterocycles. The maximum absolute atomic E-state index is 12.6. The van der Waals surface area contributed by atoms with Crippen LogP contribution in [0.5, 0.6) is 5.75 Å². The Morgan fingerprint density at radius 2 is 1.89 bits per heavy atom. The average Bonchev–Trinajstić information content (AvgIpc) is 2.63. The predicted octanol–water partition coefficient (Wildman–Crippen LogP) is 3.06. The van der Waals surface area contributed by atoms with Gasteiger partial charge in [-0.05, 0) is 37.6 Å². The van der Waals surface area contributed by atoms with Gasteiger partial charge in [-0.1, -0.05) is 41.9 Å². The highest BCUT2D eigenvalue weighted by Gasteiger charge is 2.25. The Hall–Kier alpha value is -2.09. The van der Waals surface area contributed by atoms with Crippen LogP contribution < -0.4 is 9.46 Å². The molecule has 0 radical (unpaired) electrons. The standard InChI is InChI=1S/C19H23ClN2O4S/c1-4-26-18-11-10-16(12-17(18)20)27(24,25)21-14(2)19(23)22(3)13-15-8-6-5-7-9-15/h5-12,14,21H,4,13H2,1-3H3/t14-/m1/s1. The van der Waals surface area contributed by atoms with Gasteiger partial charge in [0.05, 0.1) is 22.6 Å². The van der Waals surface area contributed by atoms with E-state index in [1.807, 2.05) is 37.3 Å². The maximum atomic E-state index is 12.6. The lowest BCUT2D eigenvalue weighted by Gasteiger charge is -2.22. The molecule has 0 aliphatic rings. The van der Waals surface area contributed by atoms with Crippen molar-refractivity contribution in [3.63, 3.8) is 0 Å². The number of carbonyl (C=O) groups excluding carboxylic acids is 1. The van der Waals surface area contributed by atoms with Crippen molar-refractivity contribution in [1.82, 2.24) is 9.62 Å². The van der Waals surface area contributed by atoms with Crippen molar-refractivity contribution in [2.75, 3.05) is 13.7 Å². The van der Waals surface area contributed by atoms with E-state index in [4.69, 9.17) is 16.3 Å². The van der Waals surface area contributed by atoms with Crippen LogP contribution in [0.3, 0.4) is 0 Å². The highest BCUT2D eigenvalue weighted by atomic mass is 35.5. The van der Waals surface area contributed by atoms with Crippen LogP contribution in [0.4, 0.5) is 0 Å². The van der Waals surface area contributed by atoms with Crippen LogP contribution in [0.25, 0.3) is 0 Å². The highest BCUT2D eigenvalue weighted by molar-refractivity contribution is 7.89. The summed E-state index contributed by atoms with van der Waals surface area (Å²) in [4.78, 5) is 14.0. The molecule has 0 aliphatic heterocycles. The summed E-state index contributed by atoms with van der Waals surface area (Å²) in [5.41, 5.74) is 0.960. The number of halogens is 1. The largest absolute Gasteiger partial charge is 0.492 e. The van der Waals surface area contributed by atoms with Gasteiger partial charge in [0, 0.05) is 13.6 Å². The molecule has 0 unspecified atom stereocenters. The smallest absolute Gasteiger partial charge is 0.241 e. The number of benzene rings is 2. The third-order valence-electron chi connectivity index (χ3n) is 3.85. The van der Waals surface area contributed by atoms with E-state index in [0.29, 0.717) is 18.9 Å². The predicted molar refractivity (Wildman–Crippen MR) is 105 cm³/mol. The zero-order valence-corrected chi connectivity index (χ0v) is 17.0. The first kappa shape index (κ1) is 21.2. The Bertz CT molecular complexity index is 888.